The molecule has 2 aromatic carbocycles. The van der Waals surface area contributed by atoms with Crippen LogP contribution in [-0.4, -0.2) is 34.2 Å². The van der Waals surface area contributed by atoms with Crippen molar-refractivity contribution in [1.82, 2.24) is 14.8 Å². The molecule has 2 aliphatic rings. The van der Waals surface area contributed by atoms with Gasteiger partial charge in [0.15, 0.2) is 6.23 Å². The molecule has 0 spiro atoms. The van der Waals surface area contributed by atoms with Gasteiger partial charge in [0.2, 0.25) is 11.8 Å². The Labute approximate surface area is 229 Å². The van der Waals surface area contributed by atoms with Crippen molar-refractivity contribution < 1.29 is 27.0 Å². The number of halogens is 4. The summed E-state index contributed by atoms with van der Waals surface area (Å²) >= 11 is 0. The van der Waals surface area contributed by atoms with Gasteiger partial charge >= 0.3 is 6.18 Å². The highest BCUT2D eigenvalue weighted by Crippen LogP contribution is 2.41. The average molecular weight is 552 g/mol. The van der Waals surface area contributed by atoms with Crippen molar-refractivity contribution in [3.63, 3.8) is 0 Å². The first-order chi connectivity index (χ1) is 19.4. The second kappa shape index (κ2) is 11.0. The molecular formula is C31H29F4N3O2. The van der Waals surface area contributed by atoms with Gasteiger partial charge in [-0.3, -0.25) is 0 Å². The van der Waals surface area contributed by atoms with Crippen LogP contribution in [0.5, 0.6) is 5.88 Å². The number of alkyl halides is 3. The summed E-state index contributed by atoms with van der Waals surface area (Å²) in [6.07, 6.45) is 0.373. The molecule has 208 valence electrons. The summed E-state index contributed by atoms with van der Waals surface area (Å²) in [4.78, 5) is 4.40. The summed E-state index contributed by atoms with van der Waals surface area (Å²) in [5.41, 5.74) is 2.27. The molecule has 0 radical (unpaired) electrons. The van der Waals surface area contributed by atoms with Crippen LogP contribution in [0.25, 0.3) is 22.0 Å². The smallest absolute Gasteiger partial charge is 0.393 e. The Balaban J connectivity index is 1.49. The van der Waals surface area contributed by atoms with Crippen molar-refractivity contribution in [2.75, 3.05) is 13.2 Å². The normalized spacial score (nSPS) is 18.6. The molecule has 1 aliphatic heterocycles. The van der Waals surface area contributed by atoms with Crippen LogP contribution in [0.4, 0.5) is 17.6 Å². The average Bonchev–Trinajstić information content (AvgIpc) is 3.74. The molecule has 0 N–H and O–H groups in total. The third kappa shape index (κ3) is 5.89. The van der Waals surface area contributed by atoms with E-state index in [1.54, 1.807) is 65.3 Å². The Morgan fingerprint density at radius 3 is 2.42 bits per heavy atom. The van der Waals surface area contributed by atoms with Crippen molar-refractivity contribution in [2.24, 2.45) is 5.92 Å². The van der Waals surface area contributed by atoms with E-state index in [2.05, 4.69) is 10.1 Å². The molecule has 1 aliphatic carbocycles. The fraction of sp³-hybridized carbons (Fsp3) is 0.355. The highest BCUT2D eigenvalue weighted by atomic mass is 19.4. The van der Waals surface area contributed by atoms with Crippen LogP contribution >= 0.6 is 0 Å². The van der Waals surface area contributed by atoms with Gasteiger partial charge in [-0.1, -0.05) is 36.4 Å². The molecule has 2 fully saturated rings. The second-order valence-corrected chi connectivity index (χ2v) is 10.4. The largest absolute Gasteiger partial charge is 0.477 e. The molecule has 5 nitrogen and oxygen atoms in total. The molecule has 4 aromatic rings. The van der Waals surface area contributed by atoms with Gasteiger partial charge < -0.3 is 9.47 Å². The summed E-state index contributed by atoms with van der Waals surface area (Å²) < 4.78 is 70.3. The van der Waals surface area contributed by atoms with E-state index in [1.165, 1.54) is 6.20 Å². The first-order valence-electron chi connectivity index (χ1n) is 13.6. The molecule has 9 heteroatoms. The van der Waals surface area contributed by atoms with E-state index >= 15 is 4.39 Å². The fourth-order valence-corrected chi connectivity index (χ4v) is 5.19. The highest BCUT2D eigenvalue weighted by Gasteiger charge is 2.32. The number of aromatic nitrogens is 3. The van der Waals surface area contributed by atoms with E-state index in [4.69, 9.17) is 9.47 Å². The molecule has 6 rings (SSSR count). The van der Waals surface area contributed by atoms with Crippen LogP contribution in [0.3, 0.4) is 0 Å². The number of nitrogens with zero attached hydrogens (tertiary/aromatic N) is 3. The van der Waals surface area contributed by atoms with Gasteiger partial charge in [0.05, 0.1) is 23.9 Å². The summed E-state index contributed by atoms with van der Waals surface area (Å²) in [6, 6.07) is 16.8. The summed E-state index contributed by atoms with van der Waals surface area (Å²) in [5.74, 6) is 0.265. The maximum atomic E-state index is 15.2. The molecule has 2 aromatic heterocycles. The number of allylic oxidation sites excluding steroid dienone is 1. The Kier molecular flexibility index (Phi) is 7.31. The molecule has 0 bridgehead atoms. The number of ether oxygens (including phenoxy) is 2. The summed E-state index contributed by atoms with van der Waals surface area (Å²) in [6.45, 7) is 1.15. The maximum absolute atomic E-state index is 15.2. The van der Waals surface area contributed by atoms with Crippen LogP contribution in [0.15, 0.2) is 66.9 Å². The van der Waals surface area contributed by atoms with Crippen LogP contribution in [0.1, 0.15) is 61.4 Å². The van der Waals surface area contributed by atoms with Crippen LogP contribution < -0.4 is 4.74 Å². The molecule has 1 saturated heterocycles. The number of pyridine rings is 1. The highest BCUT2D eigenvalue weighted by molar-refractivity contribution is 6.00. The van der Waals surface area contributed by atoms with E-state index in [0.29, 0.717) is 59.2 Å². The van der Waals surface area contributed by atoms with E-state index in [-0.39, 0.29) is 17.2 Å². The Morgan fingerprint density at radius 2 is 1.75 bits per heavy atom. The predicted octanol–water partition coefficient (Wildman–Crippen LogP) is 7.97. The van der Waals surface area contributed by atoms with Crippen molar-refractivity contribution in [1.29, 1.82) is 0 Å². The minimum Gasteiger partial charge on any atom is -0.477 e. The zero-order valence-corrected chi connectivity index (χ0v) is 21.8. The first-order valence-corrected chi connectivity index (χ1v) is 13.6. The molecular weight excluding hydrogens is 522 g/mol. The number of rotatable bonds is 8. The topological polar surface area (TPSA) is 49.2 Å². The van der Waals surface area contributed by atoms with Gasteiger partial charge in [-0.25, -0.2) is 9.67 Å². The molecule has 1 saturated carbocycles. The lowest BCUT2D eigenvalue weighted by Gasteiger charge is -2.23. The lowest BCUT2D eigenvalue weighted by Crippen LogP contribution is -2.19. The van der Waals surface area contributed by atoms with Crippen molar-refractivity contribution >= 4 is 22.0 Å². The Hall–Kier alpha value is -3.72. The van der Waals surface area contributed by atoms with Gasteiger partial charge in [0.1, 0.15) is 0 Å². The Bertz CT molecular complexity index is 1500. The van der Waals surface area contributed by atoms with Gasteiger partial charge in [-0.2, -0.15) is 17.6 Å². The van der Waals surface area contributed by atoms with E-state index in [1.807, 2.05) is 0 Å². The zero-order valence-electron chi connectivity index (χ0n) is 21.8. The third-order valence-corrected chi connectivity index (χ3v) is 7.37. The van der Waals surface area contributed by atoms with Crippen molar-refractivity contribution in [3.8, 4) is 5.88 Å². The fourth-order valence-electron chi connectivity index (χ4n) is 5.19. The molecule has 3 heterocycles. The number of hydrogen-bond acceptors (Lipinski definition) is 4. The first kappa shape index (κ1) is 26.5. The zero-order chi connectivity index (χ0) is 27.7. The van der Waals surface area contributed by atoms with Crippen LogP contribution in [0.2, 0.25) is 0 Å². The minimum atomic E-state index is -4.48. The van der Waals surface area contributed by atoms with Gasteiger partial charge in [0, 0.05) is 24.4 Å². The molecule has 0 amide bonds. The monoisotopic (exact) mass is 551 g/mol. The summed E-state index contributed by atoms with van der Waals surface area (Å²) in [5, 5.41) is 4.32. The molecule has 1 unspecified atom stereocenters. The van der Waals surface area contributed by atoms with Crippen molar-refractivity contribution in [3.05, 3.63) is 89.5 Å². The lowest BCUT2D eigenvalue weighted by atomic mass is 9.88. The van der Waals surface area contributed by atoms with Gasteiger partial charge in [-0.05, 0) is 78.5 Å². The minimum absolute atomic E-state index is 0.0734. The van der Waals surface area contributed by atoms with E-state index < -0.39 is 18.5 Å². The standard InChI is InChI=1S/C31H29F4N3O2/c32-30-24-16-22(11-13-26(24)38(37-30)28-8-4-5-15-39-28)29(23-12-14-27(36-18-23)40-19-20-9-10-20)25(17-31(33,34)35)21-6-2-1-3-7-21/h1-3,6-7,11-14,16,18,20,28H,4-5,8-10,15,17,19H2/b29-25-. The third-order valence-electron chi connectivity index (χ3n) is 7.37. The maximum Gasteiger partial charge on any atom is 0.393 e. The Morgan fingerprint density at radius 1 is 0.950 bits per heavy atom. The molecule has 1 atom stereocenters. The van der Waals surface area contributed by atoms with E-state index in [9.17, 15) is 13.2 Å². The van der Waals surface area contributed by atoms with E-state index in [0.717, 1.165) is 25.7 Å². The predicted molar refractivity (Wildman–Crippen MR) is 144 cm³/mol. The summed E-state index contributed by atoms with van der Waals surface area (Å²) in [7, 11) is 0. The van der Waals surface area contributed by atoms with Crippen LogP contribution in [0, 0.1) is 11.9 Å². The van der Waals surface area contributed by atoms with Crippen LogP contribution in [-0.2, 0) is 4.74 Å². The number of hydrogen-bond donors (Lipinski definition) is 0. The van der Waals surface area contributed by atoms with Gasteiger partial charge in [-0.15, -0.1) is 5.10 Å². The number of benzene rings is 2. The van der Waals surface area contributed by atoms with Crippen molar-refractivity contribution in [2.45, 2.75) is 50.9 Å². The van der Waals surface area contributed by atoms with Gasteiger partial charge in [0.25, 0.3) is 0 Å². The number of fused-ring (bicyclic) bond motifs is 1. The lowest BCUT2D eigenvalue weighted by molar-refractivity contribution is -0.122. The second-order valence-electron chi connectivity index (χ2n) is 10.4. The quantitative estimate of drug-likeness (QED) is 0.165. The molecule has 40 heavy (non-hydrogen) atoms. The SMILES string of the molecule is Fc1nn(C2CCCCO2)c2ccc(/C(=C(\CC(F)(F)F)c3ccccc3)c3ccc(OCC4CC4)nc3)cc12.